The van der Waals surface area contributed by atoms with Crippen LogP contribution in [0.1, 0.15) is 53.1 Å². The molecule has 1 aliphatic rings. The van der Waals surface area contributed by atoms with Gasteiger partial charge in [-0.3, -0.25) is 9.59 Å². The first-order valence-electron chi connectivity index (χ1n) is 11.6. The molecule has 0 aliphatic carbocycles. The highest BCUT2D eigenvalue weighted by molar-refractivity contribution is 8.00. The quantitative estimate of drug-likeness (QED) is 0.364. The molecule has 1 fully saturated rings. The molecule has 3 heterocycles. The lowest BCUT2D eigenvalue weighted by Crippen LogP contribution is -2.33. The number of ether oxygens (including phenoxy) is 1. The van der Waals surface area contributed by atoms with Crippen LogP contribution in [0.5, 0.6) is 5.88 Å². The lowest BCUT2D eigenvalue weighted by Gasteiger charge is -2.24. The Kier molecular flexibility index (Phi) is 8.43. The SMILES string of the molecule is CCCC(C)NC(=O)c1cc(Cl)cc(C)c1NC(=O)c1cc(OC2CSC2)nn1-c1ncccc1Cl. The summed E-state index contributed by atoms with van der Waals surface area (Å²) >= 11 is 14.4. The van der Waals surface area contributed by atoms with Crippen LogP contribution in [0, 0.1) is 6.92 Å². The molecule has 0 saturated carbocycles. The Balaban J connectivity index is 1.69. The van der Waals surface area contributed by atoms with E-state index in [2.05, 4.69) is 27.6 Å². The summed E-state index contributed by atoms with van der Waals surface area (Å²) in [5.41, 5.74) is 1.45. The minimum absolute atomic E-state index is 0.0255. The number of rotatable bonds is 9. The Bertz CT molecular complexity index is 1280. The minimum Gasteiger partial charge on any atom is -0.472 e. The van der Waals surface area contributed by atoms with Crippen molar-refractivity contribution in [2.75, 3.05) is 16.8 Å². The molecule has 36 heavy (non-hydrogen) atoms. The smallest absolute Gasteiger partial charge is 0.274 e. The number of aromatic nitrogens is 3. The molecule has 1 aliphatic heterocycles. The summed E-state index contributed by atoms with van der Waals surface area (Å²) in [6.45, 7) is 5.77. The monoisotopic (exact) mass is 547 g/mol. The van der Waals surface area contributed by atoms with Gasteiger partial charge < -0.3 is 15.4 Å². The summed E-state index contributed by atoms with van der Waals surface area (Å²) < 4.78 is 7.27. The second kappa shape index (κ2) is 11.5. The Hall–Kier alpha value is -2.75. The van der Waals surface area contributed by atoms with Gasteiger partial charge in [0.25, 0.3) is 11.8 Å². The van der Waals surface area contributed by atoms with Gasteiger partial charge in [-0.15, -0.1) is 5.10 Å². The van der Waals surface area contributed by atoms with Crippen molar-refractivity contribution in [1.82, 2.24) is 20.1 Å². The Morgan fingerprint density at radius 1 is 1.25 bits per heavy atom. The number of halogens is 2. The number of carbonyl (C=O) groups is 2. The van der Waals surface area contributed by atoms with E-state index in [1.807, 2.05) is 6.92 Å². The van der Waals surface area contributed by atoms with Crippen molar-refractivity contribution in [2.45, 2.75) is 45.8 Å². The minimum atomic E-state index is -0.497. The summed E-state index contributed by atoms with van der Waals surface area (Å²) in [6.07, 6.45) is 3.37. The molecule has 11 heteroatoms. The van der Waals surface area contributed by atoms with Crippen LogP contribution in [0.15, 0.2) is 36.5 Å². The van der Waals surface area contributed by atoms with E-state index in [0.29, 0.717) is 33.0 Å². The highest BCUT2D eigenvalue weighted by atomic mass is 35.5. The van der Waals surface area contributed by atoms with Gasteiger partial charge in [-0.05, 0) is 50.1 Å². The molecule has 2 aromatic heterocycles. The van der Waals surface area contributed by atoms with Crippen LogP contribution >= 0.6 is 35.0 Å². The van der Waals surface area contributed by atoms with E-state index in [1.165, 1.54) is 4.68 Å². The van der Waals surface area contributed by atoms with Crippen molar-refractivity contribution in [2.24, 2.45) is 0 Å². The van der Waals surface area contributed by atoms with Gasteiger partial charge in [0, 0.05) is 34.8 Å². The summed E-state index contributed by atoms with van der Waals surface area (Å²) in [4.78, 5) is 31.0. The molecular weight excluding hydrogens is 521 g/mol. The van der Waals surface area contributed by atoms with Crippen LogP contribution in [-0.2, 0) is 0 Å². The maximum Gasteiger partial charge on any atom is 0.274 e. The highest BCUT2D eigenvalue weighted by Crippen LogP contribution is 2.29. The van der Waals surface area contributed by atoms with E-state index in [9.17, 15) is 9.59 Å². The number of amides is 2. The van der Waals surface area contributed by atoms with E-state index >= 15 is 0 Å². The normalized spacial score (nSPS) is 14.1. The number of thioether (sulfide) groups is 1. The number of hydrogen-bond acceptors (Lipinski definition) is 6. The average molecular weight is 548 g/mol. The van der Waals surface area contributed by atoms with Crippen molar-refractivity contribution in [3.8, 4) is 11.7 Å². The fourth-order valence-electron chi connectivity index (χ4n) is 3.80. The van der Waals surface area contributed by atoms with E-state index in [-0.39, 0.29) is 29.3 Å². The van der Waals surface area contributed by atoms with E-state index in [1.54, 1.807) is 55.2 Å². The first-order chi connectivity index (χ1) is 17.3. The molecule has 0 spiro atoms. The summed E-state index contributed by atoms with van der Waals surface area (Å²) in [5, 5.41) is 11.0. The van der Waals surface area contributed by atoms with Crippen LogP contribution in [0.3, 0.4) is 0 Å². The zero-order valence-corrected chi connectivity index (χ0v) is 22.5. The van der Waals surface area contributed by atoms with E-state index in [0.717, 1.165) is 24.3 Å². The van der Waals surface area contributed by atoms with Gasteiger partial charge in [0.1, 0.15) is 11.8 Å². The molecule has 8 nitrogen and oxygen atoms in total. The number of anilines is 1. The van der Waals surface area contributed by atoms with Crippen molar-refractivity contribution in [1.29, 1.82) is 0 Å². The Morgan fingerprint density at radius 2 is 2.03 bits per heavy atom. The molecule has 1 aromatic carbocycles. The van der Waals surface area contributed by atoms with Gasteiger partial charge in [0.15, 0.2) is 5.82 Å². The number of hydrogen-bond donors (Lipinski definition) is 2. The van der Waals surface area contributed by atoms with Crippen molar-refractivity contribution >= 4 is 52.5 Å². The molecule has 1 atom stereocenters. The van der Waals surface area contributed by atoms with Crippen molar-refractivity contribution in [3.63, 3.8) is 0 Å². The standard InChI is InChI=1S/C25H27Cl2N5O3S/c1-4-6-15(3)29-24(33)18-10-16(26)9-14(2)22(18)30-25(34)20-11-21(35-17-12-36-13-17)31-32(20)23-19(27)7-5-8-28-23/h5,7-11,15,17H,4,6,12-13H2,1-3H3,(H,29,33)(H,30,34). The number of aryl methyl sites for hydroxylation is 1. The van der Waals surface area contributed by atoms with Crippen LogP contribution in [0.2, 0.25) is 10.0 Å². The average Bonchev–Trinajstić information content (AvgIpc) is 3.22. The molecule has 1 saturated heterocycles. The predicted octanol–water partition coefficient (Wildman–Crippen LogP) is 5.55. The van der Waals surface area contributed by atoms with Crippen molar-refractivity contribution < 1.29 is 14.3 Å². The predicted molar refractivity (Wildman–Crippen MR) is 144 cm³/mol. The number of nitrogens with one attached hydrogen (secondary N) is 2. The fraction of sp³-hybridized carbons (Fsp3) is 0.360. The zero-order chi connectivity index (χ0) is 25.8. The summed E-state index contributed by atoms with van der Waals surface area (Å²) in [6, 6.07) is 8.13. The number of carbonyl (C=O) groups excluding carboxylic acids is 2. The van der Waals surface area contributed by atoms with Crippen LogP contribution in [-0.4, -0.2) is 50.2 Å². The summed E-state index contributed by atoms with van der Waals surface area (Å²) in [7, 11) is 0. The van der Waals surface area contributed by atoms with Gasteiger partial charge in [0.2, 0.25) is 5.88 Å². The third kappa shape index (κ3) is 5.96. The molecular formula is C25H27Cl2N5O3S. The van der Waals surface area contributed by atoms with Crippen LogP contribution < -0.4 is 15.4 Å². The zero-order valence-electron chi connectivity index (χ0n) is 20.2. The maximum absolute atomic E-state index is 13.6. The molecule has 4 rings (SSSR count). The first kappa shape index (κ1) is 26.3. The molecule has 0 radical (unpaired) electrons. The van der Waals surface area contributed by atoms with Gasteiger partial charge in [0.05, 0.1) is 16.3 Å². The molecule has 0 bridgehead atoms. The first-order valence-corrected chi connectivity index (χ1v) is 13.6. The number of benzene rings is 1. The second-order valence-corrected chi connectivity index (χ2v) is 10.5. The van der Waals surface area contributed by atoms with Gasteiger partial charge in [-0.2, -0.15) is 11.8 Å². The number of pyridine rings is 1. The van der Waals surface area contributed by atoms with Gasteiger partial charge >= 0.3 is 0 Å². The molecule has 2 N–H and O–H groups in total. The molecule has 2 amide bonds. The van der Waals surface area contributed by atoms with Crippen LogP contribution in [0.25, 0.3) is 5.82 Å². The lowest BCUT2D eigenvalue weighted by atomic mass is 10.1. The van der Waals surface area contributed by atoms with Gasteiger partial charge in [-0.1, -0.05) is 36.5 Å². The van der Waals surface area contributed by atoms with Crippen molar-refractivity contribution in [3.05, 3.63) is 63.4 Å². The number of nitrogens with zero attached hydrogens (tertiary/aromatic N) is 3. The largest absolute Gasteiger partial charge is 0.472 e. The fourth-order valence-corrected chi connectivity index (χ4v) is 4.84. The second-order valence-electron chi connectivity index (χ2n) is 8.63. The summed E-state index contributed by atoms with van der Waals surface area (Å²) in [5.74, 6) is 1.50. The highest BCUT2D eigenvalue weighted by Gasteiger charge is 2.26. The third-order valence-corrected chi connectivity index (χ3v) is 7.37. The molecule has 190 valence electrons. The van der Waals surface area contributed by atoms with E-state index < -0.39 is 5.91 Å². The maximum atomic E-state index is 13.6. The topological polar surface area (TPSA) is 98.1 Å². The Labute approximate surface area is 224 Å². The Morgan fingerprint density at radius 3 is 2.69 bits per heavy atom. The lowest BCUT2D eigenvalue weighted by molar-refractivity contribution is 0.0939. The third-order valence-electron chi connectivity index (χ3n) is 5.64. The molecule has 3 aromatic rings. The molecule has 1 unspecified atom stereocenters. The van der Waals surface area contributed by atoms with Crippen LogP contribution in [0.4, 0.5) is 5.69 Å². The van der Waals surface area contributed by atoms with E-state index in [4.69, 9.17) is 27.9 Å². The van der Waals surface area contributed by atoms with Gasteiger partial charge in [-0.25, -0.2) is 9.67 Å².